The molecule has 41 heavy (non-hydrogen) atoms. The van der Waals surface area contributed by atoms with Crippen LogP contribution in [0.25, 0.3) is 0 Å². The van der Waals surface area contributed by atoms with Crippen molar-refractivity contribution in [3.63, 3.8) is 0 Å². The summed E-state index contributed by atoms with van der Waals surface area (Å²) in [5.41, 5.74) is -1.74. The molecule has 8 nitrogen and oxygen atoms in total. The van der Waals surface area contributed by atoms with Gasteiger partial charge in [0.15, 0.2) is 0 Å². The van der Waals surface area contributed by atoms with E-state index >= 15 is 0 Å². The zero-order valence-electron chi connectivity index (χ0n) is 25.3. The first kappa shape index (κ1) is 43.1. The van der Waals surface area contributed by atoms with Crippen LogP contribution >= 0.6 is 0 Å². The van der Waals surface area contributed by atoms with Crippen molar-refractivity contribution in [2.45, 2.75) is 139 Å². The van der Waals surface area contributed by atoms with Crippen LogP contribution in [-0.2, 0) is 38.1 Å². The van der Waals surface area contributed by atoms with Crippen LogP contribution in [0.1, 0.15) is 139 Å². The maximum atomic E-state index is 12.9. The van der Waals surface area contributed by atoms with E-state index in [-0.39, 0.29) is 59.9 Å². The quantitative estimate of drug-likeness (QED) is 0.0483. The van der Waals surface area contributed by atoms with Crippen molar-refractivity contribution in [3.05, 3.63) is 12.7 Å². The molecule has 0 saturated heterocycles. The summed E-state index contributed by atoms with van der Waals surface area (Å²) in [6, 6.07) is 0. The summed E-state index contributed by atoms with van der Waals surface area (Å²) in [7, 11) is 0. The molecular weight excluding hydrogens is 524 g/mol. The number of hydrogen-bond donors (Lipinski definition) is 0. The van der Waals surface area contributed by atoms with Crippen molar-refractivity contribution >= 4 is 23.9 Å². The van der Waals surface area contributed by atoms with Gasteiger partial charge in [-0.2, -0.15) is 0 Å². The maximum Gasteiger partial charge on any atom is 0.311 e. The van der Waals surface area contributed by atoms with E-state index in [0.29, 0.717) is 13.0 Å². The van der Waals surface area contributed by atoms with Crippen molar-refractivity contribution in [1.29, 1.82) is 0 Å². The van der Waals surface area contributed by atoms with E-state index in [0.717, 1.165) is 19.3 Å². The molecule has 0 fully saturated rings. The first-order valence-electron chi connectivity index (χ1n) is 14.8. The minimum atomic E-state index is -0.931. The topological polar surface area (TPSA) is 105 Å². The van der Waals surface area contributed by atoms with Crippen LogP contribution in [0, 0.1) is 10.8 Å². The van der Waals surface area contributed by atoms with Gasteiger partial charge in [-0.25, -0.2) is 0 Å². The van der Waals surface area contributed by atoms with Crippen molar-refractivity contribution in [3.8, 4) is 0 Å². The second-order valence-electron chi connectivity index (χ2n) is 11.1. The average Bonchev–Trinajstić information content (AvgIpc) is 2.90. The Bertz CT molecular complexity index is 731. The lowest BCUT2D eigenvalue weighted by Crippen LogP contribution is -2.39. The number of ether oxygens (including phenoxy) is 4. The summed E-state index contributed by atoms with van der Waals surface area (Å²) < 4.78 is 20.7. The van der Waals surface area contributed by atoms with Crippen molar-refractivity contribution < 1.29 is 38.1 Å². The van der Waals surface area contributed by atoms with Crippen LogP contribution < -0.4 is 0 Å². The lowest BCUT2D eigenvalue weighted by molar-refractivity contribution is -0.165. The molecular formula is C33H62O8. The Morgan fingerprint density at radius 1 is 0.634 bits per heavy atom. The minimum absolute atomic E-state index is 0. The number of carbonyl (C=O) groups excluding carboxylic acids is 4. The fourth-order valence-electron chi connectivity index (χ4n) is 4.30. The number of rotatable bonds is 24. The molecule has 242 valence electrons. The molecule has 0 rings (SSSR count). The number of hydrogen-bond acceptors (Lipinski definition) is 8. The van der Waals surface area contributed by atoms with Gasteiger partial charge in [0.2, 0.25) is 0 Å². The molecule has 1 atom stereocenters. The minimum Gasteiger partial charge on any atom is -0.465 e. The molecule has 0 radical (unpaired) electrons. The molecule has 0 amide bonds. The molecule has 0 saturated carbocycles. The van der Waals surface area contributed by atoms with E-state index in [1.54, 1.807) is 13.8 Å². The second kappa shape index (κ2) is 25.3. The molecule has 1 unspecified atom stereocenters. The summed E-state index contributed by atoms with van der Waals surface area (Å²) in [6.45, 7) is 13.1. The lowest BCUT2D eigenvalue weighted by Gasteiger charge is -2.33. The van der Waals surface area contributed by atoms with Gasteiger partial charge >= 0.3 is 23.9 Å². The Hall–Kier alpha value is -2.38. The third kappa shape index (κ3) is 21.0. The third-order valence-electron chi connectivity index (χ3n) is 6.86. The van der Waals surface area contributed by atoms with E-state index in [2.05, 4.69) is 13.5 Å². The maximum absolute atomic E-state index is 12.9. The lowest BCUT2D eigenvalue weighted by atomic mass is 9.72. The highest BCUT2D eigenvalue weighted by Gasteiger charge is 2.42. The van der Waals surface area contributed by atoms with Crippen molar-refractivity contribution in [1.82, 2.24) is 0 Å². The Morgan fingerprint density at radius 2 is 1.10 bits per heavy atom. The van der Waals surface area contributed by atoms with Gasteiger partial charge in [-0.3, -0.25) is 19.2 Å². The Morgan fingerprint density at radius 3 is 1.61 bits per heavy atom. The SMILES string of the molecule is C.C.C=CCOC(=O)CCC(=O)OCCOC(=O)C(C)(C)CC(C)(CC)C(=O)OCCCCCCCCCCCC. The highest BCUT2D eigenvalue weighted by atomic mass is 16.6. The molecule has 0 N–H and O–H groups in total. The molecule has 8 heteroatoms. The summed E-state index contributed by atoms with van der Waals surface area (Å²) in [6.07, 6.45) is 14.2. The van der Waals surface area contributed by atoms with Crippen LogP contribution in [0.4, 0.5) is 0 Å². The first-order chi connectivity index (χ1) is 18.5. The zero-order valence-corrected chi connectivity index (χ0v) is 25.3. The molecule has 0 aromatic carbocycles. The molecule has 0 aliphatic heterocycles. The van der Waals surface area contributed by atoms with Crippen LogP contribution in [0.15, 0.2) is 12.7 Å². The van der Waals surface area contributed by atoms with E-state index in [1.807, 2.05) is 13.8 Å². The van der Waals surface area contributed by atoms with Crippen LogP contribution in [0.2, 0.25) is 0 Å². The van der Waals surface area contributed by atoms with Crippen LogP contribution in [0.5, 0.6) is 0 Å². The summed E-state index contributed by atoms with van der Waals surface area (Å²) in [4.78, 5) is 48.7. The third-order valence-corrected chi connectivity index (χ3v) is 6.86. The first-order valence-corrected chi connectivity index (χ1v) is 14.8. The predicted octanol–water partition coefficient (Wildman–Crippen LogP) is 8.15. The van der Waals surface area contributed by atoms with Crippen molar-refractivity contribution in [2.75, 3.05) is 26.4 Å². The largest absolute Gasteiger partial charge is 0.465 e. The Labute approximate surface area is 251 Å². The van der Waals surface area contributed by atoms with Gasteiger partial charge in [0, 0.05) is 0 Å². The van der Waals surface area contributed by atoms with Gasteiger partial charge in [0.1, 0.15) is 19.8 Å². The molecule has 0 aromatic rings. The van der Waals surface area contributed by atoms with E-state index in [1.165, 1.54) is 51.0 Å². The summed E-state index contributed by atoms with van der Waals surface area (Å²) >= 11 is 0. The number of carbonyl (C=O) groups is 4. The van der Waals surface area contributed by atoms with E-state index in [4.69, 9.17) is 18.9 Å². The standard InChI is InChI=1S/C31H54O8.2CH4/c1-7-10-11-12-13-14-15-16-17-18-22-38-29(35)31(6,9-3)25-30(4,5)28(34)39-24-23-37-27(33)20-19-26(32)36-21-8-2;;/h8H,2,7,9-25H2,1,3-6H3;2*1H4. The van der Waals surface area contributed by atoms with Gasteiger partial charge in [0.05, 0.1) is 30.3 Å². The Balaban J connectivity index is -0.00000722. The highest BCUT2D eigenvalue weighted by Crippen LogP contribution is 2.38. The van der Waals surface area contributed by atoms with Gasteiger partial charge in [-0.05, 0) is 40.0 Å². The summed E-state index contributed by atoms with van der Waals surface area (Å²) in [5, 5.41) is 0. The monoisotopic (exact) mass is 586 g/mol. The fourth-order valence-corrected chi connectivity index (χ4v) is 4.30. The highest BCUT2D eigenvalue weighted by molar-refractivity contribution is 5.80. The normalized spacial score (nSPS) is 12.1. The van der Waals surface area contributed by atoms with Gasteiger partial charge < -0.3 is 18.9 Å². The smallest absolute Gasteiger partial charge is 0.311 e. The molecule has 0 aliphatic rings. The van der Waals surface area contributed by atoms with Gasteiger partial charge in [-0.15, -0.1) is 0 Å². The molecule has 0 aliphatic carbocycles. The number of esters is 4. The second-order valence-corrected chi connectivity index (χ2v) is 11.1. The average molecular weight is 587 g/mol. The van der Waals surface area contributed by atoms with E-state index < -0.39 is 28.7 Å². The molecule has 0 spiro atoms. The molecule has 0 heterocycles. The molecule has 0 bridgehead atoms. The van der Waals surface area contributed by atoms with Crippen molar-refractivity contribution in [2.24, 2.45) is 10.8 Å². The molecule has 0 aromatic heterocycles. The van der Waals surface area contributed by atoms with E-state index in [9.17, 15) is 19.2 Å². The Kier molecular flexibility index (Phi) is 26.6. The summed E-state index contributed by atoms with van der Waals surface area (Å²) in [5.74, 6) is -1.86. The van der Waals surface area contributed by atoms with Gasteiger partial charge in [0.25, 0.3) is 0 Å². The zero-order chi connectivity index (χ0) is 29.6. The number of unbranched alkanes of at least 4 members (excludes halogenated alkanes) is 9. The predicted molar refractivity (Wildman–Crippen MR) is 165 cm³/mol. The fraction of sp³-hybridized carbons (Fsp3) is 0.818. The van der Waals surface area contributed by atoms with Crippen LogP contribution in [-0.4, -0.2) is 50.3 Å². The van der Waals surface area contributed by atoms with Gasteiger partial charge in [-0.1, -0.05) is 99.1 Å². The van der Waals surface area contributed by atoms with Crippen LogP contribution in [0.3, 0.4) is 0 Å².